The van der Waals surface area contributed by atoms with Crippen LogP contribution in [-0.4, -0.2) is 22.6 Å². The zero-order chi connectivity index (χ0) is 12.3. The van der Waals surface area contributed by atoms with Crippen LogP contribution in [0, 0.1) is 0 Å². The molecule has 0 fully saturated rings. The van der Waals surface area contributed by atoms with E-state index in [2.05, 4.69) is 4.98 Å². The summed E-state index contributed by atoms with van der Waals surface area (Å²) in [5.41, 5.74) is 0.594. The van der Waals surface area contributed by atoms with Crippen LogP contribution in [0.4, 0.5) is 0 Å². The average molecular weight is 230 g/mol. The molecule has 0 N–H and O–H groups in total. The normalized spacial score (nSPS) is 10.2. The molecule has 0 aliphatic heterocycles. The fourth-order valence-corrected chi connectivity index (χ4v) is 1.68. The molecule has 0 unspecified atom stereocenters. The predicted octanol–water partition coefficient (Wildman–Crippen LogP) is 2.14. The van der Waals surface area contributed by atoms with Crippen molar-refractivity contribution < 1.29 is 9.53 Å². The van der Waals surface area contributed by atoms with Crippen LogP contribution in [-0.2, 0) is 6.42 Å². The summed E-state index contributed by atoms with van der Waals surface area (Å²) in [4.78, 5) is 16.4. The van der Waals surface area contributed by atoms with Crippen molar-refractivity contribution in [2.24, 2.45) is 0 Å². The minimum atomic E-state index is -0.0850. The van der Waals surface area contributed by atoms with Crippen molar-refractivity contribution >= 4 is 5.91 Å². The number of hydrogen-bond donors (Lipinski definition) is 0. The van der Waals surface area contributed by atoms with Crippen LogP contribution < -0.4 is 4.74 Å². The molecule has 4 nitrogen and oxygen atoms in total. The minimum absolute atomic E-state index is 0.0850. The third-order valence-electron chi connectivity index (χ3n) is 2.57. The van der Waals surface area contributed by atoms with Gasteiger partial charge in [-0.3, -0.25) is 9.36 Å². The molecule has 0 saturated carbocycles. The number of carbonyl (C=O) groups is 1. The van der Waals surface area contributed by atoms with Gasteiger partial charge < -0.3 is 4.74 Å². The van der Waals surface area contributed by atoms with E-state index in [0.29, 0.717) is 11.3 Å². The number of rotatable bonds is 3. The van der Waals surface area contributed by atoms with E-state index >= 15 is 0 Å². The Kier molecular flexibility index (Phi) is 3.23. The summed E-state index contributed by atoms with van der Waals surface area (Å²) in [6.07, 6.45) is 4.04. The van der Waals surface area contributed by atoms with Crippen molar-refractivity contribution in [3.8, 4) is 5.75 Å². The van der Waals surface area contributed by atoms with Crippen LogP contribution in [0.2, 0.25) is 0 Å². The van der Waals surface area contributed by atoms with E-state index < -0.39 is 0 Å². The number of hydrogen-bond acceptors (Lipinski definition) is 3. The van der Waals surface area contributed by atoms with Gasteiger partial charge in [-0.05, 0) is 18.2 Å². The van der Waals surface area contributed by atoms with Gasteiger partial charge in [0.05, 0.1) is 7.11 Å². The molecular formula is C13H14N2O2. The zero-order valence-electron chi connectivity index (χ0n) is 9.88. The van der Waals surface area contributed by atoms with Gasteiger partial charge in [0.15, 0.2) is 0 Å². The second-order valence-corrected chi connectivity index (χ2v) is 3.60. The van der Waals surface area contributed by atoms with Gasteiger partial charge in [-0.25, -0.2) is 4.98 Å². The highest BCUT2D eigenvalue weighted by Gasteiger charge is 2.12. The first-order chi connectivity index (χ1) is 8.26. The largest absolute Gasteiger partial charge is 0.497 e. The Morgan fingerprint density at radius 1 is 1.47 bits per heavy atom. The maximum atomic E-state index is 12.2. The number of carbonyl (C=O) groups excluding carboxylic acids is 1. The molecule has 0 amide bonds. The minimum Gasteiger partial charge on any atom is -0.497 e. The molecule has 0 aliphatic rings. The van der Waals surface area contributed by atoms with Gasteiger partial charge in [0, 0.05) is 24.4 Å². The first-order valence-corrected chi connectivity index (χ1v) is 5.47. The number of aromatic nitrogens is 2. The number of ether oxygens (including phenoxy) is 1. The van der Waals surface area contributed by atoms with Gasteiger partial charge in [-0.15, -0.1) is 0 Å². The number of imidazole rings is 1. The van der Waals surface area contributed by atoms with Crippen LogP contribution in [0.1, 0.15) is 23.1 Å². The molecule has 1 aromatic heterocycles. The summed E-state index contributed by atoms with van der Waals surface area (Å²) in [6, 6.07) is 7.10. The number of nitrogens with zero attached hydrogens (tertiary/aromatic N) is 2. The standard InChI is InChI=1S/C13H14N2O2/c1-3-12-14-7-8-15(12)13(16)10-5-4-6-11(9-10)17-2/h4-9H,3H2,1-2H3. The Labute approximate surface area is 99.9 Å². The third kappa shape index (κ3) is 2.20. The first-order valence-electron chi connectivity index (χ1n) is 5.47. The van der Waals surface area contributed by atoms with Crippen LogP contribution in [0.25, 0.3) is 0 Å². The monoisotopic (exact) mass is 230 g/mol. The molecule has 0 saturated heterocycles. The molecule has 0 radical (unpaired) electrons. The fourth-order valence-electron chi connectivity index (χ4n) is 1.68. The molecule has 2 rings (SSSR count). The van der Waals surface area contributed by atoms with Gasteiger partial charge in [0.25, 0.3) is 5.91 Å². The van der Waals surface area contributed by atoms with E-state index in [4.69, 9.17) is 4.74 Å². The molecule has 1 heterocycles. The van der Waals surface area contributed by atoms with Gasteiger partial charge in [-0.2, -0.15) is 0 Å². The molecule has 0 bridgehead atoms. The van der Waals surface area contributed by atoms with E-state index in [-0.39, 0.29) is 5.91 Å². The van der Waals surface area contributed by atoms with Crippen molar-refractivity contribution in [1.29, 1.82) is 0 Å². The van der Waals surface area contributed by atoms with Crippen molar-refractivity contribution in [3.05, 3.63) is 48.0 Å². The highest BCUT2D eigenvalue weighted by atomic mass is 16.5. The Bertz CT molecular complexity index is 532. The van der Waals surface area contributed by atoms with Crippen LogP contribution in [0.15, 0.2) is 36.7 Å². The maximum absolute atomic E-state index is 12.2. The summed E-state index contributed by atoms with van der Waals surface area (Å²) in [5, 5.41) is 0. The molecule has 2 aromatic rings. The first kappa shape index (κ1) is 11.4. The van der Waals surface area contributed by atoms with Crippen molar-refractivity contribution in [2.45, 2.75) is 13.3 Å². The molecule has 4 heteroatoms. The molecular weight excluding hydrogens is 216 g/mol. The van der Waals surface area contributed by atoms with E-state index in [1.54, 1.807) is 42.3 Å². The second kappa shape index (κ2) is 4.82. The van der Waals surface area contributed by atoms with Crippen LogP contribution in [0.5, 0.6) is 5.75 Å². The summed E-state index contributed by atoms with van der Waals surface area (Å²) >= 11 is 0. The second-order valence-electron chi connectivity index (χ2n) is 3.60. The summed E-state index contributed by atoms with van der Waals surface area (Å²) in [5.74, 6) is 1.35. The highest BCUT2D eigenvalue weighted by Crippen LogP contribution is 2.14. The predicted molar refractivity (Wildman–Crippen MR) is 64.3 cm³/mol. The molecule has 0 atom stereocenters. The third-order valence-corrected chi connectivity index (χ3v) is 2.57. The smallest absolute Gasteiger partial charge is 0.263 e. The Morgan fingerprint density at radius 3 is 3.00 bits per heavy atom. The Hall–Kier alpha value is -2.10. The summed E-state index contributed by atoms with van der Waals surface area (Å²) in [6.45, 7) is 1.97. The SMILES string of the molecule is CCc1nccn1C(=O)c1cccc(OC)c1. The lowest BCUT2D eigenvalue weighted by Crippen LogP contribution is -2.14. The zero-order valence-corrected chi connectivity index (χ0v) is 9.88. The van der Waals surface area contributed by atoms with Crippen molar-refractivity contribution in [1.82, 2.24) is 9.55 Å². The van der Waals surface area contributed by atoms with E-state index in [1.165, 1.54) is 0 Å². The van der Waals surface area contributed by atoms with Gasteiger partial charge >= 0.3 is 0 Å². The van der Waals surface area contributed by atoms with Crippen LogP contribution >= 0.6 is 0 Å². The van der Waals surface area contributed by atoms with E-state index in [9.17, 15) is 4.79 Å². The van der Waals surface area contributed by atoms with Crippen LogP contribution in [0.3, 0.4) is 0 Å². The summed E-state index contributed by atoms with van der Waals surface area (Å²) < 4.78 is 6.67. The lowest BCUT2D eigenvalue weighted by molar-refractivity contribution is 0.0956. The van der Waals surface area contributed by atoms with Crippen molar-refractivity contribution in [2.75, 3.05) is 7.11 Å². The topological polar surface area (TPSA) is 44.1 Å². The van der Waals surface area contributed by atoms with E-state index in [1.807, 2.05) is 13.0 Å². The lowest BCUT2D eigenvalue weighted by Gasteiger charge is -2.06. The molecule has 88 valence electrons. The van der Waals surface area contributed by atoms with Gasteiger partial charge in [0.2, 0.25) is 0 Å². The highest BCUT2D eigenvalue weighted by molar-refractivity contribution is 5.96. The molecule has 0 spiro atoms. The maximum Gasteiger partial charge on any atom is 0.263 e. The number of aryl methyl sites for hydroxylation is 1. The summed E-state index contributed by atoms with van der Waals surface area (Å²) in [7, 11) is 1.58. The molecule has 0 aliphatic carbocycles. The Balaban J connectivity index is 2.36. The number of benzene rings is 1. The quantitative estimate of drug-likeness (QED) is 0.811. The molecule has 1 aromatic carbocycles. The van der Waals surface area contributed by atoms with E-state index in [0.717, 1.165) is 12.2 Å². The molecule has 17 heavy (non-hydrogen) atoms. The van der Waals surface area contributed by atoms with Gasteiger partial charge in [0.1, 0.15) is 11.6 Å². The number of methoxy groups -OCH3 is 1. The average Bonchev–Trinajstić information content (AvgIpc) is 2.86. The lowest BCUT2D eigenvalue weighted by atomic mass is 10.2. The van der Waals surface area contributed by atoms with Gasteiger partial charge in [-0.1, -0.05) is 13.0 Å². The Morgan fingerprint density at radius 2 is 2.29 bits per heavy atom. The van der Waals surface area contributed by atoms with Crippen molar-refractivity contribution in [3.63, 3.8) is 0 Å². The fraction of sp³-hybridized carbons (Fsp3) is 0.231.